The Morgan fingerprint density at radius 1 is 1.12 bits per heavy atom. The van der Waals surface area contributed by atoms with Crippen LogP contribution in [0.1, 0.15) is 18.9 Å². The van der Waals surface area contributed by atoms with Crippen LogP contribution >= 0.6 is 11.6 Å². The molecule has 2 aromatic carbocycles. The van der Waals surface area contributed by atoms with Gasteiger partial charge in [-0.25, -0.2) is 0 Å². The Kier molecular flexibility index (Phi) is 3.70. The maximum Gasteiger partial charge on any atom is 0.0504 e. The highest BCUT2D eigenvalue weighted by Crippen LogP contribution is 2.30. The second-order valence-electron chi connectivity index (χ2n) is 4.19. The number of hydrogen-bond donors (Lipinski definition) is 1. The molecule has 0 saturated carbocycles. The van der Waals surface area contributed by atoms with Crippen molar-refractivity contribution in [3.63, 3.8) is 0 Å². The standard InChI is InChI=1S/C15H16ClN/c1-2-4-11-5-3-6-12(9-11)14-8-7-13(17)10-15(14)16/h3,5-10H,2,4,17H2,1H3. The maximum absolute atomic E-state index is 6.21. The van der Waals surface area contributed by atoms with Crippen LogP contribution < -0.4 is 5.73 Å². The third kappa shape index (κ3) is 2.80. The van der Waals surface area contributed by atoms with Crippen molar-refractivity contribution in [3.8, 4) is 11.1 Å². The summed E-state index contributed by atoms with van der Waals surface area (Å²) >= 11 is 6.21. The Morgan fingerprint density at radius 2 is 1.94 bits per heavy atom. The summed E-state index contributed by atoms with van der Waals surface area (Å²) in [7, 11) is 0. The lowest BCUT2D eigenvalue weighted by molar-refractivity contribution is 0.922. The largest absolute Gasteiger partial charge is 0.399 e. The maximum atomic E-state index is 6.21. The fourth-order valence-electron chi connectivity index (χ4n) is 1.95. The second-order valence-corrected chi connectivity index (χ2v) is 4.60. The van der Waals surface area contributed by atoms with E-state index in [0.29, 0.717) is 10.7 Å². The zero-order chi connectivity index (χ0) is 12.3. The molecule has 2 N–H and O–H groups in total. The van der Waals surface area contributed by atoms with Gasteiger partial charge in [-0.3, -0.25) is 0 Å². The Labute approximate surface area is 107 Å². The Hall–Kier alpha value is -1.47. The van der Waals surface area contributed by atoms with Crippen molar-refractivity contribution in [1.29, 1.82) is 0 Å². The number of benzene rings is 2. The van der Waals surface area contributed by atoms with Crippen LogP contribution in [0.25, 0.3) is 11.1 Å². The molecule has 0 amide bonds. The number of aryl methyl sites for hydroxylation is 1. The van der Waals surface area contributed by atoms with Gasteiger partial charge >= 0.3 is 0 Å². The summed E-state index contributed by atoms with van der Waals surface area (Å²) in [5, 5.41) is 0.707. The minimum absolute atomic E-state index is 0.698. The molecule has 0 aliphatic rings. The predicted octanol–water partition coefficient (Wildman–Crippen LogP) is 4.54. The molecule has 0 radical (unpaired) electrons. The van der Waals surface area contributed by atoms with E-state index in [-0.39, 0.29) is 0 Å². The van der Waals surface area contributed by atoms with Gasteiger partial charge in [-0.05, 0) is 29.7 Å². The van der Waals surface area contributed by atoms with Gasteiger partial charge in [0.15, 0.2) is 0 Å². The van der Waals surface area contributed by atoms with E-state index in [2.05, 4.69) is 31.2 Å². The molecule has 0 bridgehead atoms. The lowest BCUT2D eigenvalue weighted by atomic mass is 10.0. The average molecular weight is 246 g/mol. The van der Waals surface area contributed by atoms with Crippen LogP contribution in [0.2, 0.25) is 5.02 Å². The van der Waals surface area contributed by atoms with E-state index in [1.807, 2.05) is 12.1 Å². The Bertz CT molecular complexity index is 520. The van der Waals surface area contributed by atoms with Crippen LogP contribution in [0.15, 0.2) is 42.5 Å². The zero-order valence-corrected chi connectivity index (χ0v) is 10.7. The number of rotatable bonds is 3. The molecule has 88 valence electrons. The molecule has 0 atom stereocenters. The van der Waals surface area contributed by atoms with E-state index in [1.165, 1.54) is 5.56 Å². The first-order valence-corrected chi connectivity index (χ1v) is 6.23. The van der Waals surface area contributed by atoms with Crippen molar-refractivity contribution in [3.05, 3.63) is 53.1 Å². The fourth-order valence-corrected chi connectivity index (χ4v) is 2.25. The predicted molar refractivity (Wildman–Crippen MR) is 75.3 cm³/mol. The van der Waals surface area contributed by atoms with Crippen LogP contribution in [-0.4, -0.2) is 0 Å². The van der Waals surface area contributed by atoms with Gasteiger partial charge in [-0.2, -0.15) is 0 Å². The molecule has 2 aromatic rings. The molecule has 2 rings (SSSR count). The lowest BCUT2D eigenvalue weighted by Gasteiger charge is -2.07. The number of anilines is 1. The third-order valence-corrected chi connectivity index (χ3v) is 3.08. The number of nitrogen functional groups attached to an aromatic ring is 1. The second kappa shape index (κ2) is 5.24. The Balaban J connectivity index is 2.42. The molecular weight excluding hydrogens is 230 g/mol. The quantitative estimate of drug-likeness (QED) is 0.790. The topological polar surface area (TPSA) is 26.0 Å². The molecule has 0 spiro atoms. The van der Waals surface area contributed by atoms with Crippen molar-refractivity contribution in [2.24, 2.45) is 0 Å². The molecule has 0 aliphatic carbocycles. The van der Waals surface area contributed by atoms with Crippen molar-refractivity contribution < 1.29 is 0 Å². The average Bonchev–Trinajstić information content (AvgIpc) is 2.29. The summed E-state index contributed by atoms with van der Waals surface area (Å²) in [6, 6.07) is 14.2. The van der Waals surface area contributed by atoms with Gasteiger partial charge in [-0.15, -0.1) is 0 Å². The molecule has 1 nitrogen and oxygen atoms in total. The number of nitrogens with two attached hydrogens (primary N) is 1. The monoisotopic (exact) mass is 245 g/mol. The third-order valence-electron chi connectivity index (χ3n) is 2.77. The summed E-state index contributed by atoms with van der Waals surface area (Å²) in [4.78, 5) is 0. The van der Waals surface area contributed by atoms with Crippen molar-refractivity contribution in [1.82, 2.24) is 0 Å². The van der Waals surface area contributed by atoms with Crippen molar-refractivity contribution in [2.45, 2.75) is 19.8 Å². The van der Waals surface area contributed by atoms with Crippen LogP contribution in [-0.2, 0) is 6.42 Å². The van der Waals surface area contributed by atoms with Crippen molar-refractivity contribution >= 4 is 17.3 Å². The van der Waals surface area contributed by atoms with Gasteiger partial charge in [0.25, 0.3) is 0 Å². The lowest BCUT2D eigenvalue weighted by Crippen LogP contribution is -1.88. The summed E-state index contributed by atoms with van der Waals surface area (Å²) in [6.07, 6.45) is 2.25. The van der Waals surface area contributed by atoms with E-state index in [4.69, 9.17) is 17.3 Å². The van der Waals surface area contributed by atoms with Crippen LogP contribution in [0.3, 0.4) is 0 Å². The van der Waals surface area contributed by atoms with Gasteiger partial charge in [-0.1, -0.05) is 55.3 Å². The number of halogens is 1. The summed E-state index contributed by atoms with van der Waals surface area (Å²) in [5.41, 5.74) is 9.94. The zero-order valence-electron chi connectivity index (χ0n) is 9.91. The fraction of sp³-hybridized carbons (Fsp3) is 0.200. The molecule has 0 fully saturated rings. The minimum Gasteiger partial charge on any atom is -0.399 e. The van der Waals surface area contributed by atoms with E-state index in [9.17, 15) is 0 Å². The summed E-state index contributed by atoms with van der Waals surface area (Å²) in [5.74, 6) is 0. The van der Waals surface area contributed by atoms with Crippen LogP contribution in [0.5, 0.6) is 0 Å². The normalized spacial score (nSPS) is 10.5. The van der Waals surface area contributed by atoms with E-state index >= 15 is 0 Å². The highest BCUT2D eigenvalue weighted by Gasteiger charge is 2.04. The first-order chi connectivity index (χ1) is 8.20. The molecule has 0 unspecified atom stereocenters. The molecule has 17 heavy (non-hydrogen) atoms. The molecule has 0 aliphatic heterocycles. The first-order valence-electron chi connectivity index (χ1n) is 5.85. The van der Waals surface area contributed by atoms with Gasteiger partial charge in [0.1, 0.15) is 0 Å². The van der Waals surface area contributed by atoms with Gasteiger partial charge in [0, 0.05) is 11.3 Å². The van der Waals surface area contributed by atoms with Gasteiger partial charge in [0.05, 0.1) is 5.02 Å². The first kappa shape index (κ1) is 12.0. The molecule has 0 aromatic heterocycles. The summed E-state index contributed by atoms with van der Waals surface area (Å²) < 4.78 is 0. The van der Waals surface area contributed by atoms with Gasteiger partial charge < -0.3 is 5.73 Å². The Morgan fingerprint density at radius 3 is 2.65 bits per heavy atom. The molecule has 2 heteroatoms. The molecule has 0 heterocycles. The smallest absolute Gasteiger partial charge is 0.0504 e. The van der Waals surface area contributed by atoms with E-state index < -0.39 is 0 Å². The SMILES string of the molecule is CCCc1cccc(-c2ccc(N)cc2Cl)c1. The number of hydrogen-bond acceptors (Lipinski definition) is 1. The summed E-state index contributed by atoms with van der Waals surface area (Å²) in [6.45, 7) is 2.18. The van der Waals surface area contributed by atoms with E-state index in [0.717, 1.165) is 24.0 Å². The van der Waals surface area contributed by atoms with Crippen LogP contribution in [0.4, 0.5) is 5.69 Å². The minimum atomic E-state index is 0.698. The van der Waals surface area contributed by atoms with Gasteiger partial charge in [0.2, 0.25) is 0 Å². The molecule has 0 saturated heterocycles. The highest BCUT2D eigenvalue weighted by atomic mass is 35.5. The van der Waals surface area contributed by atoms with Crippen molar-refractivity contribution in [2.75, 3.05) is 5.73 Å². The highest BCUT2D eigenvalue weighted by molar-refractivity contribution is 6.33. The van der Waals surface area contributed by atoms with Crippen LogP contribution in [0, 0.1) is 0 Å². The molecular formula is C15H16ClN. The van der Waals surface area contributed by atoms with E-state index in [1.54, 1.807) is 6.07 Å².